The predicted molar refractivity (Wildman–Crippen MR) is 87.5 cm³/mol. The third-order valence-electron chi connectivity index (χ3n) is 3.35. The van der Waals surface area contributed by atoms with Crippen molar-refractivity contribution in [2.75, 3.05) is 12.8 Å². The van der Waals surface area contributed by atoms with E-state index >= 15 is 0 Å². The maximum absolute atomic E-state index is 12.3. The van der Waals surface area contributed by atoms with Gasteiger partial charge in [0.15, 0.2) is 0 Å². The molecule has 0 saturated heterocycles. The molecular weight excluding hydrogens is 401 g/mol. The summed E-state index contributed by atoms with van der Waals surface area (Å²) in [4.78, 5) is 35.7. The minimum absolute atomic E-state index is 0.00644. The Bertz CT molecular complexity index is 888. The van der Waals surface area contributed by atoms with Crippen molar-refractivity contribution in [2.45, 2.75) is 0 Å². The molecule has 2 aromatic rings. The summed E-state index contributed by atoms with van der Waals surface area (Å²) >= 11 is 2.07. The lowest BCUT2D eigenvalue weighted by molar-refractivity contribution is 0.0880. The number of carbonyl (C=O) groups excluding carboxylic acids is 2. The topological polar surface area (TPSA) is 103 Å². The number of nitrogens with zero attached hydrogens (tertiary/aromatic N) is 1. The highest BCUT2D eigenvalue weighted by Gasteiger charge is 2.31. The molecule has 0 atom stereocenters. The first-order valence-electron chi connectivity index (χ1n) is 6.19. The lowest BCUT2D eigenvalue weighted by Gasteiger charge is -2.13. The van der Waals surface area contributed by atoms with E-state index in [1.807, 2.05) is 0 Å². The summed E-state index contributed by atoms with van der Waals surface area (Å²) in [6, 6.07) is 6.17. The molecule has 7 nitrogen and oxygen atoms in total. The van der Waals surface area contributed by atoms with Gasteiger partial charge in [-0.15, -0.1) is 0 Å². The van der Waals surface area contributed by atoms with Gasteiger partial charge >= 0.3 is 0 Å². The third-order valence-corrected chi connectivity index (χ3v) is 4.19. The number of methoxy groups -OCH3 is 1. The number of halogens is 1. The van der Waals surface area contributed by atoms with Crippen molar-refractivity contribution in [3.05, 3.63) is 49.3 Å². The number of rotatable bonds is 2. The zero-order valence-corrected chi connectivity index (χ0v) is 13.5. The number of nitrogens with one attached hydrogen (secondary N) is 1. The summed E-state index contributed by atoms with van der Waals surface area (Å²) in [5, 5.41) is 2.13. The van der Waals surface area contributed by atoms with Crippen LogP contribution in [0.1, 0.15) is 20.7 Å². The van der Waals surface area contributed by atoms with Gasteiger partial charge in [0, 0.05) is 6.07 Å². The number of imide groups is 1. The second-order valence-corrected chi connectivity index (χ2v) is 5.76. The molecule has 0 unspecified atom stereocenters. The SMILES string of the molecule is COc1ccc(-n2c(N)c3c(cc2=O)C(=O)NC3=O)cc1I. The third kappa shape index (κ3) is 2.06. The largest absolute Gasteiger partial charge is 0.496 e. The first-order valence-corrected chi connectivity index (χ1v) is 7.27. The lowest BCUT2D eigenvalue weighted by atomic mass is 10.1. The summed E-state index contributed by atoms with van der Waals surface area (Å²) in [5.41, 5.74) is 5.99. The number of amides is 2. The van der Waals surface area contributed by atoms with Crippen LogP contribution in [0, 0.1) is 3.57 Å². The van der Waals surface area contributed by atoms with Crippen LogP contribution in [0.5, 0.6) is 5.75 Å². The van der Waals surface area contributed by atoms with Gasteiger partial charge in [0.1, 0.15) is 11.6 Å². The van der Waals surface area contributed by atoms with Crippen LogP contribution in [-0.2, 0) is 0 Å². The van der Waals surface area contributed by atoms with Crippen LogP contribution in [0.15, 0.2) is 29.1 Å². The van der Waals surface area contributed by atoms with Crippen LogP contribution in [0.3, 0.4) is 0 Å². The van der Waals surface area contributed by atoms with Crippen LogP contribution in [0.25, 0.3) is 5.69 Å². The van der Waals surface area contributed by atoms with E-state index < -0.39 is 17.4 Å². The Morgan fingerprint density at radius 2 is 1.91 bits per heavy atom. The van der Waals surface area contributed by atoms with Crippen molar-refractivity contribution >= 4 is 40.2 Å². The molecule has 3 rings (SSSR count). The smallest absolute Gasteiger partial charge is 0.262 e. The molecule has 3 N–H and O–H groups in total. The van der Waals surface area contributed by atoms with E-state index in [9.17, 15) is 14.4 Å². The Morgan fingerprint density at radius 3 is 2.55 bits per heavy atom. The highest BCUT2D eigenvalue weighted by Crippen LogP contribution is 2.26. The van der Waals surface area contributed by atoms with Gasteiger partial charge in [-0.2, -0.15) is 0 Å². The maximum atomic E-state index is 12.3. The second-order valence-electron chi connectivity index (χ2n) is 4.59. The normalized spacial score (nSPS) is 13.0. The zero-order valence-electron chi connectivity index (χ0n) is 11.3. The van der Waals surface area contributed by atoms with E-state index in [0.717, 1.165) is 9.64 Å². The number of pyridine rings is 1. The molecule has 0 spiro atoms. The van der Waals surface area contributed by atoms with E-state index in [1.54, 1.807) is 25.3 Å². The summed E-state index contributed by atoms with van der Waals surface area (Å²) in [6.07, 6.45) is 0. The maximum Gasteiger partial charge on any atom is 0.262 e. The minimum atomic E-state index is -0.611. The van der Waals surface area contributed by atoms with Gasteiger partial charge in [-0.1, -0.05) is 0 Å². The molecule has 1 aromatic carbocycles. The zero-order chi connectivity index (χ0) is 16.0. The molecule has 1 aromatic heterocycles. The second kappa shape index (κ2) is 5.13. The Balaban J connectivity index is 2.27. The quantitative estimate of drug-likeness (QED) is 0.565. The molecule has 0 radical (unpaired) electrons. The number of carbonyl (C=O) groups is 2. The number of hydrogen-bond donors (Lipinski definition) is 2. The van der Waals surface area contributed by atoms with Crippen molar-refractivity contribution in [3.8, 4) is 11.4 Å². The van der Waals surface area contributed by atoms with Crippen LogP contribution >= 0.6 is 22.6 Å². The van der Waals surface area contributed by atoms with Gasteiger partial charge in [0.2, 0.25) is 0 Å². The number of hydrogen-bond acceptors (Lipinski definition) is 5. The molecule has 22 heavy (non-hydrogen) atoms. The van der Waals surface area contributed by atoms with Gasteiger partial charge in [0.05, 0.1) is 27.5 Å². The number of nitrogen functional groups attached to an aromatic ring is 1. The molecule has 1 aliphatic rings. The van der Waals surface area contributed by atoms with Crippen molar-refractivity contribution in [1.29, 1.82) is 0 Å². The standard InChI is InChI=1S/C14H10IN3O4/c1-22-9-3-2-6(4-8(9)15)18-10(19)5-7-11(12(18)16)14(21)17-13(7)20/h2-5H,16H2,1H3,(H,17,20,21). The van der Waals surface area contributed by atoms with Crippen molar-refractivity contribution in [2.24, 2.45) is 0 Å². The van der Waals surface area contributed by atoms with Gasteiger partial charge in [-0.05, 0) is 40.8 Å². The number of benzene rings is 1. The van der Waals surface area contributed by atoms with E-state index in [2.05, 4.69) is 27.9 Å². The summed E-state index contributed by atoms with van der Waals surface area (Å²) < 4.78 is 7.14. The molecule has 2 heterocycles. The number of ether oxygens (including phenoxy) is 1. The van der Waals surface area contributed by atoms with E-state index in [0.29, 0.717) is 11.4 Å². The number of aromatic nitrogens is 1. The molecule has 0 aliphatic carbocycles. The molecule has 0 bridgehead atoms. The molecule has 112 valence electrons. The number of nitrogens with two attached hydrogens (primary N) is 1. The van der Waals surface area contributed by atoms with Crippen LogP contribution in [0.4, 0.5) is 5.82 Å². The van der Waals surface area contributed by atoms with Gasteiger partial charge in [0.25, 0.3) is 17.4 Å². The molecule has 0 saturated carbocycles. The molecule has 0 fully saturated rings. The van der Waals surface area contributed by atoms with Crippen molar-refractivity contribution in [3.63, 3.8) is 0 Å². The summed E-state index contributed by atoms with van der Waals surface area (Å²) in [6.45, 7) is 0. The summed E-state index contributed by atoms with van der Waals surface area (Å²) in [5.74, 6) is -0.619. The van der Waals surface area contributed by atoms with Crippen molar-refractivity contribution in [1.82, 2.24) is 9.88 Å². The predicted octanol–water partition coefficient (Wildman–Crippen LogP) is 0.916. The molecule has 8 heteroatoms. The van der Waals surface area contributed by atoms with Crippen LogP contribution < -0.4 is 21.3 Å². The number of anilines is 1. The Hall–Kier alpha value is -2.36. The average molecular weight is 411 g/mol. The average Bonchev–Trinajstić information content (AvgIpc) is 2.74. The van der Waals surface area contributed by atoms with E-state index in [1.165, 1.54) is 4.57 Å². The number of fused-ring (bicyclic) bond motifs is 1. The molecule has 1 aliphatic heterocycles. The Labute approximate surface area is 138 Å². The van der Waals surface area contributed by atoms with E-state index in [-0.39, 0.29) is 16.9 Å². The van der Waals surface area contributed by atoms with Crippen LogP contribution in [-0.4, -0.2) is 23.5 Å². The Morgan fingerprint density at radius 1 is 1.18 bits per heavy atom. The Kier molecular flexibility index (Phi) is 3.39. The fourth-order valence-corrected chi connectivity index (χ4v) is 3.06. The molecule has 2 amide bonds. The first-order chi connectivity index (χ1) is 10.4. The van der Waals surface area contributed by atoms with Crippen LogP contribution in [0.2, 0.25) is 0 Å². The first kappa shape index (κ1) is 14.6. The van der Waals surface area contributed by atoms with Gasteiger partial charge < -0.3 is 10.5 Å². The monoisotopic (exact) mass is 411 g/mol. The fraction of sp³-hybridized carbons (Fsp3) is 0.0714. The lowest BCUT2D eigenvalue weighted by Crippen LogP contribution is -2.24. The van der Waals surface area contributed by atoms with Crippen molar-refractivity contribution < 1.29 is 14.3 Å². The van der Waals surface area contributed by atoms with Gasteiger partial charge in [-0.25, -0.2) is 0 Å². The molecular formula is C14H10IN3O4. The minimum Gasteiger partial charge on any atom is -0.496 e. The highest BCUT2D eigenvalue weighted by molar-refractivity contribution is 14.1. The summed E-state index contributed by atoms with van der Waals surface area (Å²) in [7, 11) is 1.54. The van der Waals surface area contributed by atoms with E-state index in [4.69, 9.17) is 10.5 Å². The fourth-order valence-electron chi connectivity index (χ4n) is 2.34. The van der Waals surface area contributed by atoms with Gasteiger partial charge in [-0.3, -0.25) is 24.3 Å². The highest BCUT2D eigenvalue weighted by atomic mass is 127.